The summed E-state index contributed by atoms with van der Waals surface area (Å²) in [6.45, 7) is -0.353. The van der Waals surface area contributed by atoms with E-state index in [0.29, 0.717) is 42.2 Å². The fraction of sp³-hybridized carbons (Fsp3) is 0.333. The second kappa shape index (κ2) is 11.1. The Bertz CT molecular complexity index is 1660. The van der Waals surface area contributed by atoms with Crippen molar-refractivity contribution in [3.63, 3.8) is 0 Å². The number of nitriles is 1. The predicted octanol–water partition coefficient (Wildman–Crippen LogP) is 2.96. The van der Waals surface area contributed by atoms with Crippen LogP contribution in [0, 0.1) is 11.3 Å². The molecule has 0 atom stereocenters. The summed E-state index contributed by atoms with van der Waals surface area (Å²) >= 11 is 0. The number of benzene rings is 1. The number of carbonyl (C=O) groups excluding carboxylic acids is 2. The maximum absolute atomic E-state index is 12.4. The van der Waals surface area contributed by atoms with Gasteiger partial charge in [0.15, 0.2) is 5.65 Å². The van der Waals surface area contributed by atoms with Gasteiger partial charge < -0.3 is 20.4 Å². The molecule has 0 saturated carbocycles. The number of rotatable bonds is 8. The molecule has 1 aliphatic rings. The van der Waals surface area contributed by atoms with Gasteiger partial charge in [-0.25, -0.2) is 14.3 Å². The number of alkyl halides is 3. The number of anilines is 1. The maximum atomic E-state index is 12.4. The Hall–Kier alpha value is -4.97. The Balaban J connectivity index is 1.32. The third-order valence-corrected chi connectivity index (χ3v) is 6.81. The first-order valence-corrected chi connectivity index (χ1v) is 12.9. The molecule has 3 amide bonds. The second-order valence-corrected chi connectivity index (χ2v) is 10.4. The number of carbonyl (C=O) groups is 2. The molecule has 0 unspecified atom stereocenters. The molecule has 0 aliphatic carbocycles. The number of amides is 3. The van der Waals surface area contributed by atoms with E-state index >= 15 is 0 Å². The predicted molar refractivity (Wildman–Crippen MR) is 146 cm³/mol. The van der Waals surface area contributed by atoms with Crippen molar-refractivity contribution in [2.75, 3.05) is 45.6 Å². The van der Waals surface area contributed by atoms with E-state index in [9.17, 15) is 28.0 Å². The minimum atomic E-state index is -4.51. The van der Waals surface area contributed by atoms with Gasteiger partial charge in [0.25, 0.3) is 0 Å². The highest BCUT2D eigenvalue weighted by atomic mass is 19.4. The van der Waals surface area contributed by atoms with Crippen LogP contribution in [0.1, 0.15) is 6.42 Å². The number of likely N-dealkylation sites (N-methyl/N-ethyl adjacent to an activating group) is 1. The number of nitrogens with one attached hydrogen (secondary N) is 2. The average molecular weight is 581 g/mol. The van der Waals surface area contributed by atoms with Gasteiger partial charge in [0.2, 0.25) is 5.91 Å². The fourth-order valence-electron chi connectivity index (χ4n) is 4.77. The Morgan fingerprint density at radius 2 is 1.86 bits per heavy atom. The van der Waals surface area contributed by atoms with E-state index in [2.05, 4.69) is 26.6 Å². The Kier molecular flexibility index (Phi) is 7.57. The molecule has 4 aromatic rings. The highest BCUT2D eigenvalue weighted by molar-refractivity contribution is 5.90. The Morgan fingerprint density at radius 3 is 2.57 bits per heavy atom. The normalized spacial score (nSPS) is 14.5. The molecule has 15 heteroatoms. The quantitative estimate of drug-likeness (QED) is 0.327. The van der Waals surface area contributed by atoms with Crippen LogP contribution in [0.15, 0.2) is 55.1 Å². The first-order chi connectivity index (χ1) is 20.0. The van der Waals surface area contributed by atoms with Crippen molar-refractivity contribution >= 4 is 23.3 Å². The summed E-state index contributed by atoms with van der Waals surface area (Å²) < 4.78 is 40.5. The molecule has 1 aliphatic heterocycles. The topological polar surface area (TPSA) is 136 Å². The largest absolute Gasteiger partial charge is 0.405 e. The van der Waals surface area contributed by atoms with Crippen LogP contribution < -0.4 is 10.6 Å². The molecule has 218 valence electrons. The van der Waals surface area contributed by atoms with Gasteiger partial charge in [-0.3, -0.25) is 9.48 Å². The van der Waals surface area contributed by atoms with Crippen LogP contribution in [0.5, 0.6) is 0 Å². The van der Waals surface area contributed by atoms with E-state index in [0.717, 1.165) is 11.1 Å². The third kappa shape index (κ3) is 6.03. The van der Waals surface area contributed by atoms with E-state index in [-0.39, 0.29) is 12.3 Å². The average Bonchev–Trinajstić information content (AvgIpc) is 3.56. The van der Waals surface area contributed by atoms with Crippen molar-refractivity contribution in [1.82, 2.24) is 39.5 Å². The van der Waals surface area contributed by atoms with E-state index in [4.69, 9.17) is 0 Å². The maximum Gasteiger partial charge on any atom is 0.405 e. The van der Waals surface area contributed by atoms with Gasteiger partial charge in [-0.2, -0.15) is 28.6 Å². The van der Waals surface area contributed by atoms with E-state index in [1.807, 2.05) is 26.4 Å². The van der Waals surface area contributed by atoms with Crippen LogP contribution in [0.2, 0.25) is 0 Å². The molecule has 5 rings (SSSR count). The minimum Gasteiger partial charge on any atom is -0.336 e. The van der Waals surface area contributed by atoms with Gasteiger partial charge in [-0.15, -0.1) is 0 Å². The zero-order valence-electron chi connectivity index (χ0n) is 22.8. The highest BCUT2D eigenvalue weighted by Gasteiger charge is 2.47. The van der Waals surface area contributed by atoms with Gasteiger partial charge in [0.1, 0.15) is 12.1 Å². The minimum absolute atomic E-state index is 0.00301. The number of likely N-dealkylation sites (tertiary alicyclic amines) is 1. The van der Waals surface area contributed by atoms with Crippen LogP contribution in [0.25, 0.3) is 28.0 Å². The van der Waals surface area contributed by atoms with Crippen molar-refractivity contribution in [1.29, 1.82) is 5.26 Å². The number of aromatic nitrogens is 5. The number of imidazole rings is 1. The molecule has 0 radical (unpaired) electrons. The van der Waals surface area contributed by atoms with Gasteiger partial charge in [-0.05, 0) is 32.3 Å². The number of halogens is 3. The number of nitrogens with zero attached hydrogens (tertiary/aromatic N) is 8. The van der Waals surface area contributed by atoms with E-state index < -0.39 is 24.3 Å². The lowest BCUT2D eigenvalue weighted by Crippen LogP contribution is -2.65. The zero-order valence-corrected chi connectivity index (χ0v) is 22.8. The number of hydrogen-bond donors (Lipinski definition) is 2. The zero-order chi connectivity index (χ0) is 30.1. The van der Waals surface area contributed by atoms with Gasteiger partial charge in [0.05, 0.1) is 43.3 Å². The lowest BCUT2D eigenvalue weighted by Gasteiger charge is -2.49. The summed E-state index contributed by atoms with van der Waals surface area (Å²) in [5, 5.41) is 22.7. The summed E-state index contributed by atoms with van der Waals surface area (Å²) in [6.07, 6.45) is 2.46. The molecule has 0 spiro atoms. The molecule has 4 heterocycles. The van der Waals surface area contributed by atoms with Crippen molar-refractivity contribution in [3.8, 4) is 28.5 Å². The molecule has 1 saturated heterocycles. The monoisotopic (exact) mass is 580 g/mol. The number of urea groups is 1. The van der Waals surface area contributed by atoms with Crippen LogP contribution in [-0.4, -0.2) is 92.6 Å². The number of fused-ring (bicyclic) bond motifs is 1. The summed E-state index contributed by atoms with van der Waals surface area (Å²) in [6, 6.07) is 9.66. The number of hydrogen-bond acceptors (Lipinski definition) is 7. The smallest absolute Gasteiger partial charge is 0.336 e. The van der Waals surface area contributed by atoms with Crippen LogP contribution in [0.4, 0.5) is 23.7 Å². The lowest BCUT2D eigenvalue weighted by atomic mass is 9.86. The van der Waals surface area contributed by atoms with Gasteiger partial charge in [0, 0.05) is 41.7 Å². The molecule has 3 aromatic heterocycles. The lowest BCUT2D eigenvalue weighted by molar-refractivity contribution is -0.143. The first kappa shape index (κ1) is 28.6. The van der Waals surface area contributed by atoms with E-state index in [1.165, 1.54) is 0 Å². The Labute approximate surface area is 238 Å². The van der Waals surface area contributed by atoms with Gasteiger partial charge >= 0.3 is 12.2 Å². The van der Waals surface area contributed by atoms with Gasteiger partial charge in [-0.1, -0.05) is 12.1 Å². The molecule has 1 aromatic carbocycles. The van der Waals surface area contributed by atoms with Crippen LogP contribution in [0.3, 0.4) is 0 Å². The Morgan fingerprint density at radius 1 is 1.10 bits per heavy atom. The summed E-state index contributed by atoms with van der Waals surface area (Å²) in [5.74, 6) is -0.00301. The third-order valence-electron chi connectivity index (χ3n) is 6.81. The van der Waals surface area contributed by atoms with Crippen LogP contribution >= 0.6 is 0 Å². The van der Waals surface area contributed by atoms with E-state index in [1.54, 1.807) is 67.2 Å². The summed E-state index contributed by atoms with van der Waals surface area (Å²) in [5.41, 5.74) is 2.99. The molecule has 12 nitrogen and oxygen atoms in total. The standard InChI is InChI=1S/C27H27F3N10O2/c1-37(2)14-24(41)38-16-26(17-38,6-7-31)39-13-20(11-34-39)19-9-23-32-12-22(40(23)35-10-19)18-4-3-5-21(8-18)36-25(42)33-15-27(28,29)30/h3-5,8-13H,6,14-17H2,1-2H3,(H2,33,36,42). The summed E-state index contributed by atoms with van der Waals surface area (Å²) in [4.78, 5) is 32.3. The second-order valence-electron chi connectivity index (χ2n) is 10.4. The molecular formula is C27H27F3N10O2. The SMILES string of the molecule is CN(C)CC(=O)N1CC(CC#N)(n2cc(-c3cnn4c(-c5cccc(NC(=O)NCC(F)(F)F)c5)cnc4c3)cn2)C1. The molecule has 2 N–H and O–H groups in total. The van der Waals surface area contributed by atoms with Crippen molar-refractivity contribution in [3.05, 3.63) is 55.1 Å². The molecule has 1 fully saturated rings. The fourth-order valence-corrected chi connectivity index (χ4v) is 4.77. The van der Waals surface area contributed by atoms with Crippen LogP contribution in [-0.2, 0) is 10.3 Å². The van der Waals surface area contributed by atoms with Crippen molar-refractivity contribution in [2.45, 2.75) is 18.1 Å². The molecule has 0 bridgehead atoms. The van der Waals surface area contributed by atoms with Crippen molar-refractivity contribution in [2.24, 2.45) is 0 Å². The molecule has 42 heavy (non-hydrogen) atoms. The molecular weight excluding hydrogens is 553 g/mol. The van der Waals surface area contributed by atoms with Crippen molar-refractivity contribution < 1.29 is 22.8 Å². The highest BCUT2D eigenvalue weighted by Crippen LogP contribution is 2.34. The summed E-state index contributed by atoms with van der Waals surface area (Å²) in [7, 11) is 3.66. The first-order valence-electron chi connectivity index (χ1n) is 12.9.